The van der Waals surface area contributed by atoms with Crippen molar-refractivity contribution < 1.29 is 4.79 Å². The summed E-state index contributed by atoms with van der Waals surface area (Å²) >= 11 is 0. The lowest BCUT2D eigenvalue weighted by molar-refractivity contribution is -0.109. The summed E-state index contributed by atoms with van der Waals surface area (Å²) in [5, 5.41) is 0. The van der Waals surface area contributed by atoms with E-state index in [1.807, 2.05) is 0 Å². The number of carbonyl (C=O) groups excluding carboxylic acids is 1. The average Bonchev–Trinajstić information content (AvgIpc) is 3.05. The summed E-state index contributed by atoms with van der Waals surface area (Å²) in [4.78, 5) is 11.3. The molecule has 1 unspecified atom stereocenters. The van der Waals surface area contributed by atoms with Crippen molar-refractivity contribution in [3.05, 3.63) is 33.9 Å². The highest BCUT2D eigenvalue weighted by Gasteiger charge is 2.34. The fourth-order valence-corrected chi connectivity index (χ4v) is 2.62. The zero-order valence-electron chi connectivity index (χ0n) is 10.6. The van der Waals surface area contributed by atoms with E-state index in [9.17, 15) is 4.79 Å². The third kappa shape index (κ3) is 1.79. The van der Waals surface area contributed by atoms with Gasteiger partial charge in [0.1, 0.15) is 6.29 Å². The Kier molecular flexibility index (Phi) is 2.88. The van der Waals surface area contributed by atoms with Gasteiger partial charge in [0.15, 0.2) is 0 Å². The van der Waals surface area contributed by atoms with Crippen LogP contribution in [0.3, 0.4) is 0 Å². The molecule has 0 bridgehead atoms. The first-order valence-electron chi connectivity index (χ1n) is 6.08. The molecular formula is C15H20O. The summed E-state index contributed by atoms with van der Waals surface area (Å²) in [6.07, 6.45) is 3.59. The van der Waals surface area contributed by atoms with E-state index in [0.29, 0.717) is 5.92 Å². The standard InChI is InChI=1S/C15H20O/c1-9-7-10(2)12(4)15(11(9)3)14(8-16)13-5-6-13/h7-8,13-14H,5-6H2,1-4H3. The SMILES string of the molecule is Cc1cc(C)c(C)c(C(C=O)C2CC2)c1C. The highest BCUT2D eigenvalue weighted by molar-refractivity contribution is 5.67. The molecule has 1 aromatic carbocycles. The predicted octanol–water partition coefficient (Wildman–Crippen LogP) is 3.61. The lowest BCUT2D eigenvalue weighted by atomic mass is 9.84. The Morgan fingerprint density at radius 3 is 2.00 bits per heavy atom. The van der Waals surface area contributed by atoms with Gasteiger partial charge in [-0.25, -0.2) is 0 Å². The molecule has 1 aliphatic carbocycles. The average molecular weight is 216 g/mol. The van der Waals surface area contributed by atoms with Crippen molar-refractivity contribution in [2.45, 2.75) is 46.5 Å². The van der Waals surface area contributed by atoms with Crippen LogP contribution in [0.2, 0.25) is 0 Å². The summed E-state index contributed by atoms with van der Waals surface area (Å²) in [5.41, 5.74) is 6.55. The Hall–Kier alpha value is -1.11. The van der Waals surface area contributed by atoms with E-state index in [4.69, 9.17) is 0 Å². The van der Waals surface area contributed by atoms with Gasteiger partial charge >= 0.3 is 0 Å². The second-order valence-electron chi connectivity index (χ2n) is 5.17. The van der Waals surface area contributed by atoms with E-state index in [-0.39, 0.29) is 5.92 Å². The fourth-order valence-electron chi connectivity index (χ4n) is 2.62. The molecule has 1 saturated carbocycles. The van der Waals surface area contributed by atoms with Crippen LogP contribution in [0.4, 0.5) is 0 Å². The largest absolute Gasteiger partial charge is 0.303 e. The van der Waals surface area contributed by atoms with E-state index in [1.54, 1.807) is 0 Å². The number of carbonyl (C=O) groups is 1. The predicted molar refractivity (Wildman–Crippen MR) is 66.9 cm³/mol. The molecule has 2 rings (SSSR count). The van der Waals surface area contributed by atoms with E-state index in [1.165, 1.54) is 40.7 Å². The minimum absolute atomic E-state index is 0.138. The minimum Gasteiger partial charge on any atom is -0.303 e. The van der Waals surface area contributed by atoms with Gasteiger partial charge in [-0.3, -0.25) is 0 Å². The molecule has 1 atom stereocenters. The molecule has 1 fully saturated rings. The van der Waals surface area contributed by atoms with E-state index < -0.39 is 0 Å². The summed E-state index contributed by atoms with van der Waals surface area (Å²) in [6, 6.07) is 2.23. The van der Waals surface area contributed by atoms with E-state index >= 15 is 0 Å². The molecule has 16 heavy (non-hydrogen) atoms. The van der Waals surface area contributed by atoms with Crippen LogP contribution in [0.15, 0.2) is 6.07 Å². The van der Waals surface area contributed by atoms with Gasteiger partial charge in [0.2, 0.25) is 0 Å². The van der Waals surface area contributed by atoms with E-state index in [0.717, 1.165) is 6.29 Å². The lowest BCUT2D eigenvalue weighted by Gasteiger charge is -2.19. The number of rotatable bonds is 3. The maximum absolute atomic E-state index is 11.3. The van der Waals surface area contributed by atoms with Gasteiger partial charge in [-0.1, -0.05) is 6.07 Å². The molecule has 0 heterocycles. The number of hydrogen-bond donors (Lipinski definition) is 0. The van der Waals surface area contributed by atoms with Crippen LogP contribution in [0.1, 0.15) is 46.6 Å². The second kappa shape index (κ2) is 4.04. The van der Waals surface area contributed by atoms with Crippen LogP contribution in [-0.4, -0.2) is 6.29 Å². The van der Waals surface area contributed by atoms with Gasteiger partial charge in [-0.05, 0) is 74.3 Å². The lowest BCUT2D eigenvalue weighted by Crippen LogP contribution is -2.09. The highest BCUT2D eigenvalue weighted by Crippen LogP contribution is 2.44. The molecule has 1 aromatic rings. The molecule has 0 aromatic heterocycles. The maximum atomic E-state index is 11.3. The Labute approximate surface area is 97.9 Å². The molecular weight excluding hydrogens is 196 g/mol. The smallest absolute Gasteiger partial charge is 0.127 e. The third-order valence-electron chi connectivity index (χ3n) is 4.03. The van der Waals surface area contributed by atoms with Crippen LogP contribution in [0.5, 0.6) is 0 Å². The number of aldehydes is 1. The van der Waals surface area contributed by atoms with Crippen molar-refractivity contribution in [3.63, 3.8) is 0 Å². The molecule has 0 N–H and O–H groups in total. The highest BCUT2D eigenvalue weighted by atomic mass is 16.1. The molecule has 0 saturated heterocycles. The van der Waals surface area contributed by atoms with Crippen molar-refractivity contribution in [2.75, 3.05) is 0 Å². The zero-order chi connectivity index (χ0) is 11.9. The molecule has 0 amide bonds. The van der Waals surface area contributed by atoms with Crippen LogP contribution >= 0.6 is 0 Å². The fraction of sp³-hybridized carbons (Fsp3) is 0.533. The maximum Gasteiger partial charge on any atom is 0.127 e. The Morgan fingerprint density at radius 1 is 1.12 bits per heavy atom. The van der Waals surface area contributed by atoms with Crippen LogP contribution in [0, 0.1) is 33.6 Å². The van der Waals surface area contributed by atoms with E-state index in [2.05, 4.69) is 33.8 Å². The number of aryl methyl sites for hydroxylation is 2. The Balaban J connectivity index is 2.56. The topological polar surface area (TPSA) is 17.1 Å². The van der Waals surface area contributed by atoms with Gasteiger partial charge in [-0.2, -0.15) is 0 Å². The molecule has 1 aliphatic rings. The number of hydrogen-bond acceptors (Lipinski definition) is 1. The normalized spacial score (nSPS) is 17.2. The van der Waals surface area contributed by atoms with Gasteiger partial charge < -0.3 is 4.79 Å². The van der Waals surface area contributed by atoms with Crippen molar-refractivity contribution >= 4 is 6.29 Å². The molecule has 1 heteroatoms. The van der Waals surface area contributed by atoms with Crippen LogP contribution in [-0.2, 0) is 4.79 Å². The molecule has 1 nitrogen and oxygen atoms in total. The summed E-state index contributed by atoms with van der Waals surface area (Å²) in [5.74, 6) is 0.745. The molecule has 0 radical (unpaired) electrons. The monoisotopic (exact) mass is 216 g/mol. The summed E-state index contributed by atoms with van der Waals surface area (Å²) < 4.78 is 0. The van der Waals surface area contributed by atoms with Crippen molar-refractivity contribution in [3.8, 4) is 0 Å². The Morgan fingerprint density at radius 2 is 1.62 bits per heavy atom. The van der Waals surface area contributed by atoms with Crippen LogP contribution < -0.4 is 0 Å². The first kappa shape index (κ1) is 11.4. The minimum atomic E-state index is 0.138. The number of benzene rings is 1. The molecule has 0 spiro atoms. The van der Waals surface area contributed by atoms with Crippen molar-refractivity contribution in [1.82, 2.24) is 0 Å². The second-order valence-corrected chi connectivity index (χ2v) is 5.17. The van der Waals surface area contributed by atoms with Crippen LogP contribution in [0.25, 0.3) is 0 Å². The first-order chi connectivity index (χ1) is 7.56. The van der Waals surface area contributed by atoms with Crippen molar-refractivity contribution in [1.29, 1.82) is 0 Å². The van der Waals surface area contributed by atoms with Gasteiger partial charge in [-0.15, -0.1) is 0 Å². The first-order valence-corrected chi connectivity index (χ1v) is 6.08. The quantitative estimate of drug-likeness (QED) is 0.705. The molecule has 86 valence electrons. The van der Waals surface area contributed by atoms with Crippen molar-refractivity contribution in [2.24, 2.45) is 5.92 Å². The summed E-state index contributed by atoms with van der Waals surface area (Å²) in [7, 11) is 0. The van der Waals surface area contributed by atoms with Gasteiger partial charge in [0, 0.05) is 5.92 Å². The Bertz CT molecular complexity index is 401. The third-order valence-corrected chi connectivity index (χ3v) is 4.03. The zero-order valence-corrected chi connectivity index (χ0v) is 10.6. The van der Waals surface area contributed by atoms with Gasteiger partial charge in [0.05, 0.1) is 0 Å². The molecule has 0 aliphatic heterocycles. The van der Waals surface area contributed by atoms with Gasteiger partial charge in [0.25, 0.3) is 0 Å². The summed E-state index contributed by atoms with van der Waals surface area (Å²) in [6.45, 7) is 8.58.